The quantitative estimate of drug-likeness (QED) is 0.433. The Morgan fingerprint density at radius 1 is 0.800 bits per heavy atom. The first-order valence-corrected chi connectivity index (χ1v) is 35.3. The monoisotopic (exact) mass is 598 g/mol. The van der Waals surface area contributed by atoms with Crippen LogP contribution in [-0.4, -0.2) is 33.6 Å². The van der Waals surface area contributed by atoms with Gasteiger partial charge in [-0.15, -0.1) is 0 Å². The fourth-order valence-corrected chi connectivity index (χ4v) is 34.8. The van der Waals surface area contributed by atoms with Crippen molar-refractivity contribution < 1.29 is 0 Å². The summed E-state index contributed by atoms with van der Waals surface area (Å²) in [6.07, 6.45) is 0. The molecule has 0 radical (unpaired) electrons. The summed E-state index contributed by atoms with van der Waals surface area (Å²) in [5, 5.41) is 0. The summed E-state index contributed by atoms with van der Waals surface area (Å²) in [6, 6.07) is 0. The Kier molecular flexibility index (Phi) is 8.64. The van der Waals surface area contributed by atoms with Crippen LogP contribution in [0.4, 0.5) is 0 Å². The predicted octanol–water partition coefficient (Wildman–Crippen LogP) is 3.73. The molecule has 0 fully saturated rings. The van der Waals surface area contributed by atoms with E-state index in [-0.39, 0.29) is 0 Å². The maximum absolute atomic E-state index is 3.97. The van der Waals surface area contributed by atoms with Crippen LogP contribution in [0.1, 0.15) is 0 Å². The van der Waals surface area contributed by atoms with E-state index in [9.17, 15) is 0 Å². The molecule has 0 saturated heterocycles. The average Bonchev–Trinajstić information content (AvgIpc) is 1.84. The Bertz CT molecular complexity index is 135. The van der Waals surface area contributed by atoms with E-state index in [4.69, 9.17) is 0 Å². The van der Waals surface area contributed by atoms with Gasteiger partial charge in [0.2, 0.25) is 0 Å². The van der Waals surface area contributed by atoms with E-state index in [0.717, 1.165) is 0 Å². The van der Waals surface area contributed by atoms with E-state index in [1.54, 1.807) is 0 Å². The zero-order valence-electron chi connectivity index (χ0n) is 5.08. The van der Waals surface area contributed by atoms with Crippen molar-refractivity contribution in [2.24, 2.45) is 0 Å². The molecule has 0 heterocycles. The molecule has 0 spiro atoms. The van der Waals surface area contributed by atoms with Gasteiger partial charge >= 0.3 is 103 Å². The van der Waals surface area contributed by atoms with Crippen LogP contribution in [0, 0.1) is 0 Å². The fourth-order valence-electron chi connectivity index (χ4n) is 0.280. The zero-order valence-corrected chi connectivity index (χ0v) is 18.0. The van der Waals surface area contributed by atoms with Gasteiger partial charge in [0.05, 0.1) is 0 Å². The molecule has 0 unspecified atom stereocenters. The van der Waals surface area contributed by atoms with Gasteiger partial charge in [-0.1, -0.05) is 0 Å². The third kappa shape index (κ3) is 5.00. The standard InChI is InChI=1S/C4H4.4BrH.2In/c1-3-4-2;;;;;;/h1-2H2;4*1H;;/q;;;;;2*+2/p-4. The maximum atomic E-state index is 3.97. The van der Waals surface area contributed by atoms with E-state index in [0.29, 0.717) is 0 Å². The average molecular weight is 601 g/mol. The molecule has 54 valence electrons. The van der Waals surface area contributed by atoms with Crippen molar-refractivity contribution >= 4 is 82.7 Å². The molecule has 0 aliphatic rings. The summed E-state index contributed by atoms with van der Waals surface area (Å²) < 4.78 is 2.47. The molecule has 0 aliphatic heterocycles. The number of hydrogen-bond acceptors (Lipinski definition) is 0. The van der Waals surface area contributed by atoms with Crippen LogP contribution in [0.25, 0.3) is 0 Å². The number of rotatable bonds is 3. The van der Waals surface area contributed by atoms with Gasteiger partial charge in [-0.2, -0.15) is 0 Å². The van der Waals surface area contributed by atoms with Crippen molar-refractivity contribution in [1.29, 1.82) is 0 Å². The minimum absolute atomic E-state index is 1.23. The van der Waals surface area contributed by atoms with Gasteiger partial charge in [0.15, 0.2) is 0 Å². The van der Waals surface area contributed by atoms with Gasteiger partial charge < -0.3 is 0 Å². The van der Waals surface area contributed by atoms with E-state index in [1.807, 2.05) is 0 Å². The Morgan fingerprint density at radius 3 is 1.10 bits per heavy atom. The predicted molar refractivity (Wildman–Crippen MR) is 65.5 cm³/mol. The molecule has 0 aromatic carbocycles. The number of allylic oxidation sites excluding steroid dienone is 2. The first-order chi connectivity index (χ1) is 4.46. The minimum atomic E-state index is -1.67. The molecular formula is C4H4Br4In2. The second-order valence-corrected chi connectivity index (χ2v) is 50.1. The van der Waals surface area contributed by atoms with Crippen molar-refractivity contribution in [3.8, 4) is 0 Å². The third-order valence-electron chi connectivity index (χ3n) is 0.939. The number of halogens is 4. The van der Waals surface area contributed by atoms with Crippen LogP contribution in [0.5, 0.6) is 0 Å². The summed E-state index contributed by atoms with van der Waals surface area (Å²) in [5.41, 5.74) is 0. The second-order valence-electron chi connectivity index (χ2n) is 1.65. The Balaban J connectivity index is 4.10. The molecule has 0 N–H and O–H groups in total. The van der Waals surface area contributed by atoms with E-state index in [2.05, 4.69) is 62.3 Å². The summed E-state index contributed by atoms with van der Waals surface area (Å²) in [6.45, 7) is 7.94. The van der Waals surface area contributed by atoms with Gasteiger partial charge in [-0.25, -0.2) is 0 Å². The molecule has 0 atom stereocenters. The molecule has 0 aromatic heterocycles. The van der Waals surface area contributed by atoms with Crippen LogP contribution in [0.15, 0.2) is 19.8 Å². The van der Waals surface area contributed by atoms with Crippen molar-refractivity contribution in [2.75, 3.05) is 0 Å². The molecule has 0 rings (SSSR count). The van der Waals surface area contributed by atoms with Gasteiger partial charge in [-0.3, -0.25) is 0 Å². The van der Waals surface area contributed by atoms with Gasteiger partial charge in [0.1, 0.15) is 0 Å². The van der Waals surface area contributed by atoms with E-state index in [1.165, 1.54) is 6.66 Å². The fraction of sp³-hybridized carbons (Fsp3) is 0. The second kappa shape index (κ2) is 6.57. The van der Waals surface area contributed by atoms with Gasteiger partial charge in [-0.05, 0) is 0 Å². The molecule has 0 bridgehead atoms. The topological polar surface area (TPSA) is 0 Å². The van der Waals surface area contributed by atoms with E-state index >= 15 is 0 Å². The van der Waals surface area contributed by atoms with Crippen molar-refractivity contribution in [1.82, 2.24) is 0 Å². The van der Waals surface area contributed by atoms with Crippen LogP contribution in [0.3, 0.4) is 0 Å². The van der Waals surface area contributed by atoms with E-state index < -0.39 is 33.6 Å². The van der Waals surface area contributed by atoms with Gasteiger partial charge in [0.25, 0.3) is 0 Å². The third-order valence-corrected chi connectivity index (χ3v) is 23.6. The Hall–Kier alpha value is 3.14. The van der Waals surface area contributed by atoms with Crippen molar-refractivity contribution in [3.63, 3.8) is 0 Å². The SMILES string of the molecule is C=[C]([C](=C)[In]([Br])[Br])[In]([Br])[Br]. The van der Waals surface area contributed by atoms with Gasteiger partial charge in [0, 0.05) is 0 Å². The molecule has 0 nitrogen and oxygen atoms in total. The first-order valence-electron chi connectivity index (χ1n) is 2.41. The summed E-state index contributed by atoms with van der Waals surface area (Å²) >= 11 is 10.9. The normalized spacial score (nSPS) is 8.80. The first kappa shape index (κ1) is 13.1. The van der Waals surface area contributed by atoms with Crippen LogP contribution < -0.4 is 0 Å². The van der Waals surface area contributed by atoms with Crippen LogP contribution in [-0.2, 0) is 0 Å². The Labute approximate surface area is 100.0 Å². The van der Waals surface area contributed by atoms with Crippen LogP contribution in [0.2, 0.25) is 0 Å². The molecule has 10 heavy (non-hydrogen) atoms. The van der Waals surface area contributed by atoms with Crippen molar-refractivity contribution in [3.05, 3.63) is 19.8 Å². The molecule has 0 aliphatic carbocycles. The summed E-state index contributed by atoms with van der Waals surface area (Å²) in [4.78, 5) is 0. The summed E-state index contributed by atoms with van der Waals surface area (Å²) in [7, 11) is 0. The molecule has 0 saturated carbocycles. The summed E-state index contributed by atoms with van der Waals surface area (Å²) in [5.74, 6) is 0. The molecular weight excluding hydrogens is 597 g/mol. The molecule has 0 aromatic rings. The Morgan fingerprint density at radius 2 is 1.00 bits per heavy atom. The van der Waals surface area contributed by atoms with Crippen molar-refractivity contribution in [2.45, 2.75) is 0 Å². The number of hydrogen-bond donors (Lipinski definition) is 0. The molecule has 6 heteroatoms. The molecule has 0 amide bonds. The zero-order chi connectivity index (χ0) is 8.31. The van der Waals surface area contributed by atoms with Crippen LogP contribution >= 0.6 is 49.2 Å².